The number of halogens is 2. The zero-order valence-electron chi connectivity index (χ0n) is 22.3. The van der Waals surface area contributed by atoms with E-state index in [1.54, 1.807) is 24.2 Å². The number of nitrogens with zero attached hydrogens (tertiary/aromatic N) is 4. The number of rotatable bonds is 6. The van der Waals surface area contributed by atoms with Gasteiger partial charge >= 0.3 is 5.97 Å². The summed E-state index contributed by atoms with van der Waals surface area (Å²) in [7, 11) is 1.56. The molecule has 1 unspecified atom stereocenters. The number of aromatic nitrogens is 1. The molecule has 216 valence electrons. The Hall–Kier alpha value is -3.80. The molecule has 2 amide bonds. The number of β-amino-alcohol motifs (C(OH)–C–C–N with tert-alkyl or cyclic N) is 1. The van der Waals surface area contributed by atoms with Crippen LogP contribution in [-0.2, 0) is 17.8 Å². The van der Waals surface area contributed by atoms with Crippen LogP contribution in [0.15, 0.2) is 47.7 Å². The molecule has 13 heteroatoms. The van der Waals surface area contributed by atoms with E-state index in [0.717, 1.165) is 11.1 Å². The molecule has 1 fully saturated rings. The zero-order chi connectivity index (χ0) is 29.3. The molecule has 41 heavy (non-hydrogen) atoms. The molecule has 0 spiro atoms. The lowest BCUT2D eigenvalue weighted by Gasteiger charge is -2.30. The summed E-state index contributed by atoms with van der Waals surface area (Å²) in [5.74, 6) is -1.66. The normalized spacial score (nSPS) is 17.9. The standard InChI is InChI=1S/C28H30Cl2N6O5/c1-31-28(36-8-5-19(37)15-36)32-12-22(27(40)41)33-25(38)23-21(29)11-16-13-35(9-6-20(16)24(23)30)26(39)17-10-18-4-2-3-7-34(18)14-17/h2-4,7,10-11,14,19,22,37H,5-6,8-9,12-13,15H2,1H3,(H,31,32)(H,33,38)(H,40,41)/t19-,22?/m0/s1. The highest BCUT2D eigenvalue weighted by molar-refractivity contribution is 6.40. The molecule has 1 aromatic carbocycles. The molecule has 2 aliphatic rings. The van der Waals surface area contributed by atoms with E-state index in [9.17, 15) is 24.6 Å². The summed E-state index contributed by atoms with van der Waals surface area (Å²) in [6.45, 7) is 1.49. The molecular formula is C28H30Cl2N6O5. The maximum absolute atomic E-state index is 13.2. The first-order valence-corrected chi connectivity index (χ1v) is 13.9. The lowest BCUT2D eigenvalue weighted by Crippen LogP contribution is -2.51. The van der Waals surface area contributed by atoms with Gasteiger partial charge < -0.3 is 35.0 Å². The van der Waals surface area contributed by atoms with E-state index >= 15 is 0 Å². The van der Waals surface area contributed by atoms with Crippen molar-refractivity contribution < 1.29 is 24.6 Å². The summed E-state index contributed by atoms with van der Waals surface area (Å²) < 4.78 is 1.89. The number of likely N-dealkylation sites (tertiary alicyclic amines) is 1. The first-order valence-electron chi connectivity index (χ1n) is 13.2. The Morgan fingerprint density at radius 1 is 1.17 bits per heavy atom. The average Bonchev–Trinajstić information content (AvgIpc) is 3.58. The number of carboxylic acid groups (broad SMARTS) is 1. The summed E-state index contributed by atoms with van der Waals surface area (Å²) in [5.41, 5.74) is 2.90. The first kappa shape index (κ1) is 28.7. The van der Waals surface area contributed by atoms with Crippen molar-refractivity contribution in [3.8, 4) is 0 Å². The van der Waals surface area contributed by atoms with Crippen molar-refractivity contribution in [2.24, 2.45) is 4.99 Å². The van der Waals surface area contributed by atoms with E-state index < -0.39 is 24.0 Å². The minimum Gasteiger partial charge on any atom is -0.480 e. The Morgan fingerprint density at radius 3 is 2.66 bits per heavy atom. The first-order chi connectivity index (χ1) is 19.7. The van der Waals surface area contributed by atoms with E-state index in [0.29, 0.717) is 49.6 Å². The van der Waals surface area contributed by atoms with Gasteiger partial charge in [-0.05, 0) is 48.2 Å². The van der Waals surface area contributed by atoms with Gasteiger partial charge in [-0.2, -0.15) is 0 Å². The van der Waals surface area contributed by atoms with Crippen LogP contribution < -0.4 is 10.6 Å². The van der Waals surface area contributed by atoms with Crippen LogP contribution in [0.1, 0.15) is 38.3 Å². The molecule has 4 heterocycles. The van der Waals surface area contributed by atoms with Crippen LogP contribution in [0, 0.1) is 0 Å². The topological polar surface area (TPSA) is 139 Å². The number of aliphatic carboxylic acids is 1. The van der Waals surface area contributed by atoms with Crippen LogP contribution in [0.25, 0.3) is 5.52 Å². The summed E-state index contributed by atoms with van der Waals surface area (Å²) >= 11 is 13.2. The molecule has 3 aromatic rings. The third-order valence-corrected chi connectivity index (χ3v) is 8.13. The van der Waals surface area contributed by atoms with Gasteiger partial charge in [0.2, 0.25) is 0 Å². The lowest BCUT2D eigenvalue weighted by molar-refractivity contribution is -0.139. The molecule has 0 aliphatic carbocycles. The number of pyridine rings is 1. The minimum absolute atomic E-state index is 0.0103. The number of nitrogens with one attached hydrogen (secondary N) is 2. The molecule has 0 bridgehead atoms. The number of carboxylic acids is 1. The fraction of sp³-hybridized carbons (Fsp3) is 0.357. The molecule has 2 aromatic heterocycles. The van der Waals surface area contributed by atoms with Gasteiger partial charge in [0.05, 0.1) is 27.3 Å². The molecular weight excluding hydrogens is 571 g/mol. The van der Waals surface area contributed by atoms with Gasteiger partial charge in [0.25, 0.3) is 11.8 Å². The van der Waals surface area contributed by atoms with Crippen molar-refractivity contribution in [1.82, 2.24) is 24.8 Å². The molecule has 5 rings (SSSR count). The van der Waals surface area contributed by atoms with Gasteiger partial charge in [-0.25, -0.2) is 4.79 Å². The zero-order valence-corrected chi connectivity index (χ0v) is 23.8. The van der Waals surface area contributed by atoms with Crippen molar-refractivity contribution in [3.63, 3.8) is 0 Å². The van der Waals surface area contributed by atoms with Gasteiger partial charge in [-0.15, -0.1) is 0 Å². The fourth-order valence-electron chi connectivity index (χ4n) is 5.28. The van der Waals surface area contributed by atoms with E-state index in [4.69, 9.17) is 23.2 Å². The van der Waals surface area contributed by atoms with E-state index in [1.165, 1.54) is 0 Å². The Morgan fingerprint density at radius 2 is 1.98 bits per heavy atom. The fourth-order valence-corrected chi connectivity index (χ4v) is 6.04. The van der Waals surface area contributed by atoms with Gasteiger partial charge in [-0.3, -0.25) is 14.6 Å². The van der Waals surface area contributed by atoms with Crippen LogP contribution in [0.2, 0.25) is 10.0 Å². The number of aliphatic hydroxyl groups is 1. The number of aliphatic hydroxyl groups excluding tert-OH is 1. The van der Waals surface area contributed by atoms with Crippen LogP contribution in [0.5, 0.6) is 0 Å². The van der Waals surface area contributed by atoms with Gasteiger partial charge in [-0.1, -0.05) is 29.3 Å². The number of carbonyl (C=O) groups excluding carboxylic acids is 2. The van der Waals surface area contributed by atoms with Crippen molar-refractivity contribution in [2.45, 2.75) is 31.5 Å². The number of guanidine groups is 1. The highest BCUT2D eigenvalue weighted by atomic mass is 35.5. The average molecular weight is 601 g/mol. The number of hydrogen-bond acceptors (Lipinski definition) is 5. The van der Waals surface area contributed by atoms with Gasteiger partial charge in [0, 0.05) is 57.7 Å². The molecule has 1 saturated heterocycles. The van der Waals surface area contributed by atoms with E-state index in [-0.39, 0.29) is 34.6 Å². The molecule has 4 N–H and O–H groups in total. The largest absolute Gasteiger partial charge is 0.480 e. The maximum Gasteiger partial charge on any atom is 0.328 e. The smallest absolute Gasteiger partial charge is 0.328 e. The third kappa shape index (κ3) is 5.97. The van der Waals surface area contributed by atoms with Crippen LogP contribution >= 0.6 is 23.2 Å². The SMILES string of the molecule is C/N=C(/NCC(NC(=O)c1c(Cl)cc2c(c1Cl)CCN(C(=O)c1cc3ccccn3c1)C2)C(=O)O)N1CC[C@H](O)C1. The second kappa shape index (κ2) is 12.0. The van der Waals surface area contributed by atoms with Crippen molar-refractivity contribution in [3.05, 3.63) is 75.0 Å². The summed E-state index contributed by atoms with van der Waals surface area (Å²) in [5, 5.41) is 25.2. The highest BCUT2D eigenvalue weighted by Crippen LogP contribution is 2.35. The second-order valence-corrected chi connectivity index (χ2v) is 10.9. The quantitative estimate of drug-likeness (QED) is 0.251. The van der Waals surface area contributed by atoms with Crippen molar-refractivity contribution >= 4 is 52.5 Å². The minimum atomic E-state index is -1.30. The number of hydrogen-bond donors (Lipinski definition) is 4. The molecule has 2 aliphatic heterocycles. The summed E-state index contributed by atoms with van der Waals surface area (Å²) in [4.78, 5) is 46.1. The predicted molar refractivity (Wildman–Crippen MR) is 155 cm³/mol. The highest BCUT2D eigenvalue weighted by Gasteiger charge is 2.30. The number of fused-ring (bicyclic) bond motifs is 2. The number of amides is 2. The summed E-state index contributed by atoms with van der Waals surface area (Å²) in [6, 6.07) is 7.87. The number of carbonyl (C=O) groups is 3. The van der Waals surface area contributed by atoms with Crippen LogP contribution in [0.4, 0.5) is 0 Å². The van der Waals surface area contributed by atoms with Crippen molar-refractivity contribution in [1.29, 1.82) is 0 Å². The Kier molecular flexibility index (Phi) is 8.39. The Bertz CT molecular complexity index is 1510. The Balaban J connectivity index is 1.28. The monoisotopic (exact) mass is 600 g/mol. The number of aliphatic imine (C=N–C) groups is 1. The molecule has 0 radical (unpaired) electrons. The van der Waals surface area contributed by atoms with Crippen LogP contribution in [0.3, 0.4) is 0 Å². The van der Waals surface area contributed by atoms with Gasteiger partial charge in [0.15, 0.2) is 5.96 Å². The molecule has 2 atom stereocenters. The van der Waals surface area contributed by atoms with E-state index in [2.05, 4.69) is 15.6 Å². The second-order valence-electron chi connectivity index (χ2n) is 10.1. The third-order valence-electron chi connectivity index (χ3n) is 7.41. The van der Waals surface area contributed by atoms with Gasteiger partial charge in [0.1, 0.15) is 6.04 Å². The maximum atomic E-state index is 13.2. The molecule has 0 saturated carbocycles. The molecule has 11 nitrogen and oxygen atoms in total. The Labute approximate surface area is 246 Å². The van der Waals surface area contributed by atoms with Crippen LogP contribution in [-0.4, -0.2) is 93.5 Å². The number of benzene rings is 1. The van der Waals surface area contributed by atoms with E-state index in [1.807, 2.05) is 39.8 Å². The lowest BCUT2D eigenvalue weighted by atomic mass is 9.96. The summed E-state index contributed by atoms with van der Waals surface area (Å²) in [6.07, 6.45) is 4.19. The van der Waals surface area contributed by atoms with Crippen molar-refractivity contribution in [2.75, 3.05) is 33.2 Å². The predicted octanol–water partition coefficient (Wildman–Crippen LogP) is 2.27.